The molecule has 0 saturated heterocycles. The van der Waals surface area contributed by atoms with Crippen molar-refractivity contribution in [3.8, 4) is 28.4 Å². The molecule has 5 rings (SSSR count). The van der Waals surface area contributed by atoms with Gasteiger partial charge >= 0.3 is 0 Å². The molecular formula is C24H26N6O. The second-order valence-electron chi connectivity index (χ2n) is 8.40. The minimum absolute atomic E-state index is 0.404. The minimum atomic E-state index is 0.404. The zero-order valence-electron chi connectivity index (χ0n) is 18.0. The number of aryl methyl sites for hydroxylation is 1. The highest BCUT2D eigenvalue weighted by Crippen LogP contribution is 2.40. The molecule has 0 saturated carbocycles. The Morgan fingerprint density at radius 1 is 1.16 bits per heavy atom. The van der Waals surface area contributed by atoms with Crippen LogP contribution in [-0.2, 0) is 6.54 Å². The van der Waals surface area contributed by atoms with E-state index in [2.05, 4.69) is 68.2 Å². The molecule has 0 bridgehead atoms. The summed E-state index contributed by atoms with van der Waals surface area (Å²) >= 11 is 0. The third-order valence-corrected chi connectivity index (χ3v) is 5.93. The van der Waals surface area contributed by atoms with Gasteiger partial charge in [0.2, 0.25) is 0 Å². The molecule has 4 aromatic rings. The topological polar surface area (TPSA) is 81.5 Å². The fourth-order valence-corrected chi connectivity index (χ4v) is 4.29. The molecular weight excluding hydrogens is 388 g/mol. The number of H-pyrrole nitrogens is 1. The predicted octanol–water partition coefficient (Wildman–Crippen LogP) is 4.73. The highest BCUT2D eigenvalue weighted by atomic mass is 16.5. The maximum absolute atomic E-state index is 6.07. The van der Waals surface area contributed by atoms with E-state index in [0.717, 1.165) is 53.7 Å². The first-order valence-electron chi connectivity index (χ1n) is 10.7. The summed E-state index contributed by atoms with van der Waals surface area (Å²) in [5, 5.41) is 11.0. The van der Waals surface area contributed by atoms with Gasteiger partial charge in [0, 0.05) is 30.4 Å². The van der Waals surface area contributed by atoms with Crippen LogP contribution in [0.4, 0.5) is 0 Å². The summed E-state index contributed by atoms with van der Waals surface area (Å²) in [7, 11) is 0. The number of nitrogens with one attached hydrogen (secondary N) is 1. The van der Waals surface area contributed by atoms with Crippen LogP contribution in [0.3, 0.4) is 0 Å². The molecule has 1 N–H and O–H groups in total. The number of nitrogens with zero attached hydrogens (tertiary/aromatic N) is 5. The summed E-state index contributed by atoms with van der Waals surface area (Å²) in [5.74, 6) is 1.92. The number of aromatic nitrogens is 6. The Labute approximate surface area is 181 Å². The summed E-state index contributed by atoms with van der Waals surface area (Å²) in [6, 6.07) is 10.5. The SMILES string of the molecule is Cc1n[nH]nc1-c1ccnc(-c2cn(C[C@H]3CCOc4c(C(C)C)cccc43)cn2)c1. The van der Waals surface area contributed by atoms with Crippen molar-refractivity contribution in [3.05, 3.63) is 65.9 Å². The van der Waals surface area contributed by atoms with Crippen LogP contribution in [0, 0.1) is 6.92 Å². The van der Waals surface area contributed by atoms with Gasteiger partial charge in [0.15, 0.2) is 0 Å². The first kappa shape index (κ1) is 19.5. The molecule has 1 aliphatic heterocycles. The number of hydrogen-bond acceptors (Lipinski definition) is 5. The van der Waals surface area contributed by atoms with Crippen LogP contribution in [0.2, 0.25) is 0 Å². The highest BCUT2D eigenvalue weighted by Gasteiger charge is 2.25. The molecule has 0 aliphatic carbocycles. The normalized spacial score (nSPS) is 15.7. The van der Waals surface area contributed by atoms with Crippen molar-refractivity contribution in [2.75, 3.05) is 6.61 Å². The Morgan fingerprint density at radius 3 is 2.87 bits per heavy atom. The van der Waals surface area contributed by atoms with E-state index in [0.29, 0.717) is 11.8 Å². The van der Waals surface area contributed by atoms with Crippen molar-refractivity contribution in [3.63, 3.8) is 0 Å². The number of hydrogen-bond donors (Lipinski definition) is 1. The average Bonchev–Trinajstić information content (AvgIpc) is 3.42. The van der Waals surface area contributed by atoms with Gasteiger partial charge in [-0.3, -0.25) is 4.98 Å². The first-order chi connectivity index (χ1) is 15.1. The van der Waals surface area contributed by atoms with Crippen LogP contribution in [-0.4, -0.2) is 36.6 Å². The van der Waals surface area contributed by atoms with Gasteiger partial charge in [0.05, 0.1) is 24.3 Å². The van der Waals surface area contributed by atoms with Gasteiger partial charge in [0.25, 0.3) is 0 Å². The average molecular weight is 415 g/mol. The van der Waals surface area contributed by atoms with Gasteiger partial charge in [-0.25, -0.2) is 4.98 Å². The standard InChI is InChI=1S/C24H26N6O/c1-15(2)19-5-4-6-20-18(8-10-31-24(19)20)12-30-13-22(26-14-30)21-11-17(7-9-25-21)23-16(3)27-29-28-23/h4-7,9,11,13-15,18H,8,10,12H2,1-3H3,(H,27,28,29)/t18-/m1/s1. The molecule has 158 valence electrons. The second kappa shape index (κ2) is 7.98. The number of imidazole rings is 1. The zero-order valence-corrected chi connectivity index (χ0v) is 18.0. The van der Waals surface area contributed by atoms with Crippen LogP contribution in [0.1, 0.15) is 48.9 Å². The molecule has 0 amide bonds. The lowest BCUT2D eigenvalue weighted by atomic mass is 9.88. The van der Waals surface area contributed by atoms with Gasteiger partial charge in [-0.2, -0.15) is 15.4 Å². The fraction of sp³-hybridized carbons (Fsp3) is 0.333. The van der Waals surface area contributed by atoms with Crippen LogP contribution in [0.15, 0.2) is 49.1 Å². The molecule has 0 unspecified atom stereocenters. The summed E-state index contributed by atoms with van der Waals surface area (Å²) in [6.45, 7) is 7.99. The maximum Gasteiger partial charge on any atom is 0.126 e. The lowest BCUT2D eigenvalue weighted by Gasteiger charge is -2.28. The third kappa shape index (κ3) is 3.71. The largest absolute Gasteiger partial charge is 0.493 e. The second-order valence-corrected chi connectivity index (χ2v) is 8.40. The van der Waals surface area contributed by atoms with Gasteiger partial charge in [-0.05, 0) is 42.5 Å². The molecule has 0 fully saturated rings. The Morgan fingerprint density at radius 2 is 2.06 bits per heavy atom. The molecule has 7 heteroatoms. The Bertz CT molecular complexity index is 1210. The lowest BCUT2D eigenvalue weighted by Crippen LogP contribution is -2.19. The van der Waals surface area contributed by atoms with Gasteiger partial charge in [-0.15, -0.1) is 0 Å². The van der Waals surface area contributed by atoms with Crippen LogP contribution in [0.25, 0.3) is 22.6 Å². The van der Waals surface area contributed by atoms with Gasteiger partial charge in [-0.1, -0.05) is 32.0 Å². The number of ether oxygens (including phenoxy) is 1. The van der Waals surface area contributed by atoms with E-state index in [-0.39, 0.29) is 0 Å². The monoisotopic (exact) mass is 414 g/mol. The van der Waals surface area contributed by atoms with Gasteiger partial charge in [0.1, 0.15) is 17.1 Å². The van der Waals surface area contributed by atoms with Crippen LogP contribution < -0.4 is 4.74 Å². The molecule has 1 atom stereocenters. The van der Waals surface area contributed by atoms with Crippen molar-refractivity contribution in [2.45, 2.75) is 45.6 Å². The van der Waals surface area contributed by atoms with Crippen LogP contribution in [0.5, 0.6) is 5.75 Å². The molecule has 0 spiro atoms. The molecule has 4 heterocycles. The summed E-state index contributed by atoms with van der Waals surface area (Å²) in [6.07, 6.45) is 6.76. The van der Waals surface area contributed by atoms with E-state index in [9.17, 15) is 0 Å². The number of aromatic amines is 1. The van der Waals surface area contributed by atoms with Crippen molar-refractivity contribution in [2.24, 2.45) is 0 Å². The summed E-state index contributed by atoms with van der Waals surface area (Å²) < 4.78 is 8.23. The number of pyridine rings is 1. The summed E-state index contributed by atoms with van der Waals surface area (Å²) in [4.78, 5) is 9.15. The number of para-hydroxylation sites is 1. The molecule has 1 aliphatic rings. The highest BCUT2D eigenvalue weighted by molar-refractivity contribution is 5.67. The van der Waals surface area contributed by atoms with Crippen molar-refractivity contribution >= 4 is 0 Å². The van der Waals surface area contributed by atoms with E-state index in [4.69, 9.17) is 4.74 Å². The first-order valence-corrected chi connectivity index (χ1v) is 10.7. The quantitative estimate of drug-likeness (QED) is 0.511. The summed E-state index contributed by atoms with van der Waals surface area (Å²) in [5.41, 5.74) is 6.95. The van der Waals surface area contributed by atoms with Crippen molar-refractivity contribution < 1.29 is 4.74 Å². The molecule has 0 radical (unpaired) electrons. The van der Waals surface area contributed by atoms with E-state index >= 15 is 0 Å². The molecule has 3 aromatic heterocycles. The Kier molecular flexibility index (Phi) is 5.02. The van der Waals surface area contributed by atoms with E-state index in [1.165, 1.54) is 11.1 Å². The van der Waals surface area contributed by atoms with E-state index in [1.54, 1.807) is 6.20 Å². The number of benzene rings is 1. The minimum Gasteiger partial charge on any atom is -0.493 e. The third-order valence-electron chi connectivity index (χ3n) is 5.93. The van der Waals surface area contributed by atoms with E-state index < -0.39 is 0 Å². The smallest absolute Gasteiger partial charge is 0.126 e. The Balaban J connectivity index is 1.40. The molecule has 7 nitrogen and oxygen atoms in total. The predicted molar refractivity (Wildman–Crippen MR) is 119 cm³/mol. The van der Waals surface area contributed by atoms with Crippen molar-refractivity contribution in [1.82, 2.24) is 29.9 Å². The fourth-order valence-electron chi connectivity index (χ4n) is 4.29. The molecule has 1 aromatic carbocycles. The van der Waals surface area contributed by atoms with Crippen molar-refractivity contribution in [1.29, 1.82) is 0 Å². The van der Waals surface area contributed by atoms with Crippen LogP contribution >= 0.6 is 0 Å². The number of rotatable bonds is 5. The van der Waals surface area contributed by atoms with Gasteiger partial charge < -0.3 is 9.30 Å². The number of fused-ring (bicyclic) bond motifs is 1. The zero-order chi connectivity index (χ0) is 21.4. The Hall–Kier alpha value is -3.48. The lowest BCUT2D eigenvalue weighted by molar-refractivity contribution is 0.255. The molecule has 31 heavy (non-hydrogen) atoms. The maximum atomic E-state index is 6.07. The van der Waals surface area contributed by atoms with E-state index in [1.807, 2.05) is 25.4 Å².